The number of nitro groups is 1. The third-order valence-electron chi connectivity index (χ3n) is 3.69. The number of imide groups is 1. The van der Waals surface area contributed by atoms with Gasteiger partial charge in [0.1, 0.15) is 0 Å². The lowest BCUT2D eigenvalue weighted by atomic mass is 10.1. The quantitative estimate of drug-likeness (QED) is 0.339. The first-order valence-electron chi connectivity index (χ1n) is 7.39. The van der Waals surface area contributed by atoms with Crippen LogP contribution in [0.5, 0.6) is 0 Å². The molecule has 2 amide bonds. The SMILES string of the molecule is O=C1S/C(=C\c2cc([N+](=O)[O-])ccc2Cl)C(=O)N1Cc1ccc(Cl)cc1Cl. The predicted molar refractivity (Wildman–Crippen MR) is 106 cm³/mol. The van der Waals surface area contributed by atoms with Crippen LogP contribution in [-0.2, 0) is 11.3 Å². The van der Waals surface area contributed by atoms with Crippen LogP contribution in [-0.4, -0.2) is 21.0 Å². The number of hydrogen-bond acceptors (Lipinski definition) is 5. The Balaban J connectivity index is 1.89. The summed E-state index contributed by atoms with van der Waals surface area (Å²) in [6.45, 7) is -0.0132. The molecule has 1 saturated heterocycles. The van der Waals surface area contributed by atoms with Crippen molar-refractivity contribution in [2.45, 2.75) is 6.54 Å². The monoisotopic (exact) mass is 442 g/mol. The largest absolute Gasteiger partial charge is 0.293 e. The lowest BCUT2D eigenvalue weighted by Gasteiger charge is -2.13. The van der Waals surface area contributed by atoms with E-state index < -0.39 is 16.1 Å². The lowest BCUT2D eigenvalue weighted by Crippen LogP contribution is -2.27. The van der Waals surface area contributed by atoms with E-state index in [4.69, 9.17) is 34.8 Å². The van der Waals surface area contributed by atoms with Crippen molar-refractivity contribution in [1.29, 1.82) is 0 Å². The molecule has 0 radical (unpaired) electrons. The molecule has 2 aromatic rings. The number of thioether (sulfide) groups is 1. The number of carbonyl (C=O) groups excluding carboxylic acids is 2. The van der Waals surface area contributed by atoms with Gasteiger partial charge in [0.15, 0.2) is 0 Å². The Morgan fingerprint density at radius 2 is 1.81 bits per heavy atom. The van der Waals surface area contributed by atoms with Gasteiger partial charge in [-0.25, -0.2) is 0 Å². The standard InChI is InChI=1S/C17H9Cl3N2O4S/c18-11-2-1-9(14(20)7-11)8-21-16(23)15(27-17(21)24)6-10-5-12(22(25)26)3-4-13(10)19/h1-7H,8H2/b15-6-. The number of nitro benzene ring substituents is 1. The topological polar surface area (TPSA) is 80.5 Å². The Morgan fingerprint density at radius 3 is 2.48 bits per heavy atom. The number of rotatable bonds is 4. The zero-order chi connectivity index (χ0) is 19.7. The summed E-state index contributed by atoms with van der Waals surface area (Å²) >= 11 is 18.7. The molecule has 0 aromatic heterocycles. The highest BCUT2D eigenvalue weighted by molar-refractivity contribution is 8.18. The molecule has 3 rings (SSSR count). The Hall–Kier alpha value is -2.06. The van der Waals surface area contributed by atoms with Crippen LogP contribution in [0.3, 0.4) is 0 Å². The van der Waals surface area contributed by atoms with Crippen molar-refractivity contribution in [3.05, 3.63) is 77.6 Å². The zero-order valence-corrected chi connectivity index (χ0v) is 16.4. The molecule has 1 aliphatic rings. The Labute approximate surface area is 172 Å². The Bertz CT molecular complexity index is 1010. The number of halogens is 3. The highest BCUT2D eigenvalue weighted by Crippen LogP contribution is 2.36. The van der Waals surface area contributed by atoms with E-state index in [1.807, 2.05) is 0 Å². The van der Waals surface area contributed by atoms with Crippen LogP contribution in [0.1, 0.15) is 11.1 Å². The van der Waals surface area contributed by atoms with Crippen LogP contribution in [0.25, 0.3) is 6.08 Å². The lowest BCUT2D eigenvalue weighted by molar-refractivity contribution is -0.384. The fraction of sp³-hybridized carbons (Fsp3) is 0.0588. The number of benzene rings is 2. The second-order valence-corrected chi connectivity index (χ2v) is 7.71. The van der Waals surface area contributed by atoms with Crippen molar-refractivity contribution in [2.75, 3.05) is 0 Å². The third kappa shape index (κ3) is 4.27. The van der Waals surface area contributed by atoms with E-state index >= 15 is 0 Å². The maximum Gasteiger partial charge on any atom is 0.293 e. The minimum atomic E-state index is -0.568. The summed E-state index contributed by atoms with van der Waals surface area (Å²) in [5.74, 6) is -0.529. The van der Waals surface area contributed by atoms with Gasteiger partial charge in [0.25, 0.3) is 16.8 Å². The summed E-state index contributed by atoms with van der Waals surface area (Å²) in [6.07, 6.45) is 1.36. The number of amides is 2. The van der Waals surface area contributed by atoms with Crippen molar-refractivity contribution in [1.82, 2.24) is 4.90 Å². The molecule has 138 valence electrons. The second kappa shape index (κ2) is 7.90. The van der Waals surface area contributed by atoms with E-state index in [0.717, 1.165) is 16.7 Å². The molecule has 0 unspecified atom stereocenters. The molecule has 0 bridgehead atoms. The van der Waals surface area contributed by atoms with Crippen LogP contribution >= 0.6 is 46.6 Å². The highest BCUT2D eigenvalue weighted by atomic mass is 35.5. The zero-order valence-electron chi connectivity index (χ0n) is 13.3. The Kier molecular flexibility index (Phi) is 5.76. The summed E-state index contributed by atoms with van der Waals surface area (Å²) < 4.78 is 0. The van der Waals surface area contributed by atoms with Gasteiger partial charge in [-0.05, 0) is 41.6 Å². The molecule has 0 atom stereocenters. The van der Waals surface area contributed by atoms with Gasteiger partial charge in [-0.2, -0.15) is 0 Å². The highest BCUT2D eigenvalue weighted by Gasteiger charge is 2.35. The van der Waals surface area contributed by atoms with E-state index in [0.29, 0.717) is 15.6 Å². The van der Waals surface area contributed by atoms with Gasteiger partial charge in [-0.15, -0.1) is 0 Å². The summed E-state index contributed by atoms with van der Waals surface area (Å²) in [6, 6.07) is 8.63. The molecule has 0 spiro atoms. The van der Waals surface area contributed by atoms with E-state index in [-0.39, 0.29) is 27.7 Å². The van der Waals surface area contributed by atoms with E-state index in [1.54, 1.807) is 12.1 Å². The molecule has 1 heterocycles. The van der Waals surface area contributed by atoms with Gasteiger partial charge in [-0.3, -0.25) is 24.6 Å². The minimum Gasteiger partial charge on any atom is -0.268 e. The van der Waals surface area contributed by atoms with Crippen molar-refractivity contribution < 1.29 is 14.5 Å². The summed E-state index contributed by atoms with van der Waals surface area (Å²) in [4.78, 5) is 36.4. The summed E-state index contributed by atoms with van der Waals surface area (Å²) in [7, 11) is 0. The van der Waals surface area contributed by atoms with Crippen LogP contribution in [0, 0.1) is 10.1 Å². The fourth-order valence-corrected chi connectivity index (χ4v) is 3.82. The molecule has 6 nitrogen and oxygen atoms in total. The number of nitrogens with zero attached hydrogens (tertiary/aromatic N) is 2. The summed E-state index contributed by atoms with van der Waals surface area (Å²) in [5, 5.41) is 11.5. The molecular formula is C17H9Cl3N2O4S. The first-order chi connectivity index (χ1) is 12.8. The van der Waals surface area contributed by atoms with Crippen molar-refractivity contribution in [3.63, 3.8) is 0 Å². The second-order valence-electron chi connectivity index (χ2n) is 5.47. The normalized spacial score (nSPS) is 15.7. The van der Waals surface area contributed by atoms with Crippen LogP contribution in [0.15, 0.2) is 41.3 Å². The van der Waals surface area contributed by atoms with Gasteiger partial charge in [0.2, 0.25) is 0 Å². The van der Waals surface area contributed by atoms with Crippen molar-refractivity contribution >= 4 is 69.5 Å². The van der Waals surface area contributed by atoms with E-state index in [9.17, 15) is 19.7 Å². The van der Waals surface area contributed by atoms with Crippen LogP contribution < -0.4 is 0 Å². The van der Waals surface area contributed by atoms with Crippen molar-refractivity contribution in [2.24, 2.45) is 0 Å². The Morgan fingerprint density at radius 1 is 1.07 bits per heavy atom. The predicted octanol–water partition coefficient (Wildman–Crippen LogP) is 5.79. The smallest absolute Gasteiger partial charge is 0.268 e. The van der Waals surface area contributed by atoms with E-state index in [1.165, 1.54) is 30.3 Å². The molecule has 27 heavy (non-hydrogen) atoms. The first kappa shape index (κ1) is 19.7. The molecule has 2 aromatic carbocycles. The minimum absolute atomic E-state index is 0.0132. The average Bonchev–Trinajstić information content (AvgIpc) is 2.86. The van der Waals surface area contributed by atoms with Gasteiger partial charge >= 0.3 is 0 Å². The molecule has 0 saturated carbocycles. The molecule has 10 heteroatoms. The maximum atomic E-state index is 12.6. The number of hydrogen-bond donors (Lipinski definition) is 0. The van der Waals surface area contributed by atoms with E-state index in [2.05, 4.69) is 0 Å². The maximum absolute atomic E-state index is 12.6. The number of non-ortho nitro benzene ring substituents is 1. The molecule has 1 fully saturated rings. The molecule has 1 aliphatic heterocycles. The number of carbonyl (C=O) groups is 2. The fourth-order valence-electron chi connectivity index (χ4n) is 2.35. The van der Waals surface area contributed by atoms with Crippen molar-refractivity contribution in [3.8, 4) is 0 Å². The third-order valence-corrected chi connectivity index (χ3v) is 5.53. The molecular weight excluding hydrogens is 435 g/mol. The average molecular weight is 444 g/mol. The first-order valence-corrected chi connectivity index (χ1v) is 9.34. The van der Waals surface area contributed by atoms with Gasteiger partial charge < -0.3 is 0 Å². The molecule has 0 N–H and O–H groups in total. The van der Waals surface area contributed by atoms with Gasteiger partial charge in [-0.1, -0.05) is 40.9 Å². The molecule has 0 aliphatic carbocycles. The van der Waals surface area contributed by atoms with Gasteiger partial charge in [0.05, 0.1) is 16.4 Å². The van der Waals surface area contributed by atoms with Gasteiger partial charge in [0, 0.05) is 32.8 Å². The summed E-state index contributed by atoms with van der Waals surface area (Å²) in [5.41, 5.74) is 0.678. The van der Waals surface area contributed by atoms with Crippen LogP contribution in [0.2, 0.25) is 15.1 Å². The van der Waals surface area contributed by atoms with Crippen LogP contribution in [0.4, 0.5) is 10.5 Å².